The number of ether oxygens (including phenoxy) is 4. The van der Waals surface area contributed by atoms with Crippen LogP contribution in [0.1, 0.15) is 402 Å². The first-order valence-electron chi connectivity index (χ1n) is 40.7. The van der Waals surface area contributed by atoms with Crippen LogP contribution in [-0.2, 0) is 65.4 Å². The normalized spacial score (nSPS) is 14.3. The molecule has 17 nitrogen and oxygen atoms in total. The van der Waals surface area contributed by atoms with Gasteiger partial charge in [0.25, 0.3) is 0 Å². The number of hydrogen-bond donors (Lipinski definition) is 3. The van der Waals surface area contributed by atoms with E-state index in [1.54, 1.807) is 0 Å². The van der Waals surface area contributed by atoms with Crippen LogP contribution >= 0.6 is 15.6 Å². The molecule has 6 atom stereocenters. The van der Waals surface area contributed by atoms with Crippen LogP contribution in [0.3, 0.4) is 0 Å². The van der Waals surface area contributed by atoms with Crippen LogP contribution in [0, 0.1) is 23.7 Å². The molecule has 0 aliphatic carbocycles. The Bertz CT molecular complexity index is 1920. The van der Waals surface area contributed by atoms with E-state index in [-0.39, 0.29) is 25.7 Å². The van der Waals surface area contributed by atoms with Gasteiger partial charge in [-0.15, -0.1) is 0 Å². The highest BCUT2D eigenvalue weighted by Crippen LogP contribution is 2.45. The summed E-state index contributed by atoms with van der Waals surface area (Å²) in [6, 6.07) is 0. The molecule has 3 N–H and O–H groups in total. The smallest absolute Gasteiger partial charge is 0.462 e. The summed E-state index contributed by atoms with van der Waals surface area (Å²) < 4.78 is 68.7. The Balaban J connectivity index is 5.27. The van der Waals surface area contributed by atoms with Crippen molar-refractivity contribution < 1.29 is 80.2 Å². The number of esters is 4. The third-order valence-corrected chi connectivity index (χ3v) is 20.6. The Morgan fingerprint density at radius 1 is 0.286 bits per heavy atom. The first kappa shape index (κ1) is 96.1. The van der Waals surface area contributed by atoms with Gasteiger partial charge in [0.15, 0.2) is 12.2 Å². The maximum atomic E-state index is 13.1. The van der Waals surface area contributed by atoms with E-state index in [4.69, 9.17) is 37.0 Å². The molecule has 0 aromatic carbocycles. The molecule has 0 aromatic heterocycles. The minimum absolute atomic E-state index is 0.106. The number of unbranched alkanes of at least 4 members (excludes halogenated alkanes) is 41. The minimum atomic E-state index is -4.96. The molecule has 3 unspecified atom stereocenters. The molecule has 19 heteroatoms. The van der Waals surface area contributed by atoms with Gasteiger partial charge in [-0.05, 0) is 49.4 Å². The van der Waals surface area contributed by atoms with Crippen molar-refractivity contribution in [3.63, 3.8) is 0 Å². The Morgan fingerprint density at radius 3 is 0.724 bits per heavy atom. The van der Waals surface area contributed by atoms with Crippen LogP contribution in [0.5, 0.6) is 0 Å². The molecule has 0 aliphatic rings. The highest BCUT2D eigenvalue weighted by atomic mass is 31.2. The van der Waals surface area contributed by atoms with Gasteiger partial charge in [-0.25, -0.2) is 9.13 Å². The number of hydrogen-bond acceptors (Lipinski definition) is 15. The van der Waals surface area contributed by atoms with Crippen molar-refractivity contribution in [1.82, 2.24) is 0 Å². The van der Waals surface area contributed by atoms with Gasteiger partial charge < -0.3 is 33.8 Å². The second kappa shape index (κ2) is 68.2. The van der Waals surface area contributed by atoms with E-state index in [2.05, 4.69) is 55.4 Å². The zero-order valence-corrected chi connectivity index (χ0v) is 66.2. The monoisotopic (exact) mass is 1440 g/mol. The maximum Gasteiger partial charge on any atom is 0.472 e. The Morgan fingerprint density at radius 2 is 0.490 bits per heavy atom. The van der Waals surface area contributed by atoms with Gasteiger partial charge >= 0.3 is 39.5 Å². The number of carbonyl (C=O) groups is 4. The van der Waals surface area contributed by atoms with Gasteiger partial charge in [0.1, 0.15) is 19.3 Å². The molecule has 0 spiro atoms. The molecule has 0 bridgehead atoms. The van der Waals surface area contributed by atoms with E-state index in [0.717, 1.165) is 114 Å². The summed E-state index contributed by atoms with van der Waals surface area (Å²) in [5.74, 6) is 1.00. The quantitative estimate of drug-likeness (QED) is 0.0222. The van der Waals surface area contributed by atoms with Gasteiger partial charge in [0.2, 0.25) is 0 Å². The number of phosphoric ester groups is 2. The number of carbonyl (C=O) groups excluding carboxylic acids is 4. The second-order valence-corrected chi connectivity index (χ2v) is 33.0. The summed E-state index contributed by atoms with van der Waals surface area (Å²) in [7, 11) is -9.92. The fraction of sp³-hybridized carbons (Fsp3) is 0.949. The Kier molecular flexibility index (Phi) is 66.8. The second-order valence-electron chi connectivity index (χ2n) is 30.1. The van der Waals surface area contributed by atoms with Crippen molar-refractivity contribution in [2.75, 3.05) is 39.6 Å². The molecule has 0 saturated carbocycles. The lowest BCUT2D eigenvalue weighted by atomic mass is 9.99. The Labute approximate surface area is 600 Å². The molecule has 0 heterocycles. The third-order valence-electron chi connectivity index (χ3n) is 18.7. The van der Waals surface area contributed by atoms with Crippen molar-refractivity contribution in [2.24, 2.45) is 23.7 Å². The fourth-order valence-corrected chi connectivity index (χ4v) is 13.6. The number of phosphoric acid groups is 2. The molecule has 0 radical (unpaired) electrons. The van der Waals surface area contributed by atoms with Crippen LogP contribution < -0.4 is 0 Å². The summed E-state index contributed by atoms with van der Waals surface area (Å²) in [6.07, 6.45) is 54.0. The van der Waals surface area contributed by atoms with Gasteiger partial charge in [0.05, 0.1) is 26.4 Å². The van der Waals surface area contributed by atoms with Crippen molar-refractivity contribution in [3.05, 3.63) is 0 Å². The zero-order chi connectivity index (χ0) is 72.4. The van der Waals surface area contributed by atoms with E-state index in [1.807, 2.05) is 0 Å². The predicted octanol–water partition coefficient (Wildman–Crippen LogP) is 23.2. The van der Waals surface area contributed by atoms with E-state index in [1.165, 1.54) is 205 Å². The summed E-state index contributed by atoms with van der Waals surface area (Å²) in [5, 5.41) is 10.6. The number of aliphatic hydroxyl groups is 1. The molecule has 0 aromatic rings. The predicted molar refractivity (Wildman–Crippen MR) is 400 cm³/mol. The molecule has 98 heavy (non-hydrogen) atoms. The SMILES string of the molecule is CCC(C)CCCCCCCCCCC(=O)OC[C@H](COP(=O)(O)OC[C@H](O)COP(=O)(O)OC[C@@H](COC(=O)CCCCCCCCCCCCCC(C)C)OC(=O)CCCCCCCCCCCCCCCCCC(C)C)OC(=O)CCCCCCCCCCCCCC(C)C. The maximum absolute atomic E-state index is 13.1. The van der Waals surface area contributed by atoms with Crippen LogP contribution in [0.4, 0.5) is 0 Å². The van der Waals surface area contributed by atoms with E-state index in [0.29, 0.717) is 25.7 Å². The van der Waals surface area contributed by atoms with Crippen LogP contribution in [0.15, 0.2) is 0 Å². The first-order valence-corrected chi connectivity index (χ1v) is 43.7. The van der Waals surface area contributed by atoms with Crippen molar-refractivity contribution in [3.8, 4) is 0 Å². The fourth-order valence-electron chi connectivity index (χ4n) is 12.0. The molecule has 0 saturated heterocycles. The third kappa shape index (κ3) is 71.1. The number of rotatable bonds is 76. The average Bonchev–Trinajstić information content (AvgIpc) is 1.03. The van der Waals surface area contributed by atoms with Crippen LogP contribution in [0.2, 0.25) is 0 Å². The molecular weight excluding hydrogens is 1280 g/mol. The van der Waals surface area contributed by atoms with Crippen molar-refractivity contribution in [1.29, 1.82) is 0 Å². The van der Waals surface area contributed by atoms with Crippen molar-refractivity contribution in [2.45, 2.75) is 420 Å². The van der Waals surface area contributed by atoms with E-state index < -0.39 is 97.5 Å². The topological polar surface area (TPSA) is 237 Å². The standard InChI is InChI=1S/C79H154O17P2/c1-9-72(8)58-50-42-34-29-30-36-44-52-60-77(82)90-66-75(96-79(84)62-54-46-38-28-22-16-19-25-33-41-49-57-71(6)7)68-94-98(87,88)92-64-73(80)63-91-97(85,86)93-67-74(65-89-76(81)59-51-43-35-26-21-15-18-24-32-40-48-56-70(4)5)95-78(83)61-53-45-37-27-20-14-12-10-11-13-17-23-31-39-47-55-69(2)3/h69-75,80H,9-68H2,1-8H3,(H,85,86)(H,87,88)/t72?,73-,74-,75-/m1/s1. The van der Waals surface area contributed by atoms with Crippen LogP contribution in [-0.4, -0.2) is 96.7 Å². The van der Waals surface area contributed by atoms with Gasteiger partial charge in [0, 0.05) is 25.7 Å². The molecule has 582 valence electrons. The summed E-state index contributed by atoms with van der Waals surface area (Å²) in [6.45, 7) is 14.3. The summed E-state index contributed by atoms with van der Waals surface area (Å²) in [4.78, 5) is 73.0. The highest BCUT2D eigenvalue weighted by Gasteiger charge is 2.30. The van der Waals surface area contributed by atoms with Crippen molar-refractivity contribution >= 4 is 39.5 Å². The Hall–Kier alpha value is -1.94. The van der Waals surface area contributed by atoms with E-state index >= 15 is 0 Å². The lowest BCUT2D eigenvalue weighted by Gasteiger charge is -2.21. The molecule has 0 fully saturated rings. The van der Waals surface area contributed by atoms with Crippen LogP contribution in [0.25, 0.3) is 0 Å². The average molecular weight is 1440 g/mol. The molecular formula is C79H154O17P2. The lowest BCUT2D eigenvalue weighted by Crippen LogP contribution is -2.30. The summed E-state index contributed by atoms with van der Waals surface area (Å²) >= 11 is 0. The summed E-state index contributed by atoms with van der Waals surface area (Å²) in [5.41, 5.74) is 0. The number of aliphatic hydroxyl groups excluding tert-OH is 1. The van der Waals surface area contributed by atoms with Gasteiger partial charge in [-0.3, -0.25) is 37.3 Å². The molecule has 0 aliphatic heterocycles. The lowest BCUT2D eigenvalue weighted by molar-refractivity contribution is -0.161. The van der Waals surface area contributed by atoms with Gasteiger partial charge in [-0.1, -0.05) is 351 Å². The first-order chi connectivity index (χ1) is 47.1. The zero-order valence-electron chi connectivity index (χ0n) is 64.4. The van der Waals surface area contributed by atoms with E-state index in [9.17, 15) is 43.2 Å². The molecule has 0 rings (SSSR count). The molecule has 0 amide bonds. The highest BCUT2D eigenvalue weighted by molar-refractivity contribution is 7.47. The minimum Gasteiger partial charge on any atom is -0.462 e. The largest absolute Gasteiger partial charge is 0.472 e. The van der Waals surface area contributed by atoms with Gasteiger partial charge in [-0.2, -0.15) is 0 Å².